The number of carbonyl (C=O) groups is 2. The van der Waals surface area contributed by atoms with Crippen molar-refractivity contribution in [2.45, 2.75) is 18.9 Å². The fourth-order valence-electron chi connectivity index (χ4n) is 3.36. The van der Waals surface area contributed by atoms with Gasteiger partial charge in [0.05, 0.1) is 6.54 Å². The number of para-hydroxylation sites is 1. The summed E-state index contributed by atoms with van der Waals surface area (Å²) >= 11 is 0. The van der Waals surface area contributed by atoms with Crippen molar-refractivity contribution in [3.05, 3.63) is 36.7 Å². The SMILES string of the molecule is O=C(CN1CCC(Nc2ncnc3c2NC(=O)CO3)CC1)Nc1ccccc1. The molecule has 2 aliphatic heterocycles. The van der Waals surface area contributed by atoms with E-state index in [9.17, 15) is 9.59 Å². The van der Waals surface area contributed by atoms with E-state index in [0.29, 0.717) is 23.9 Å². The van der Waals surface area contributed by atoms with Crippen LogP contribution in [0.15, 0.2) is 36.7 Å². The third-order valence-electron chi connectivity index (χ3n) is 4.77. The van der Waals surface area contributed by atoms with Gasteiger partial charge in [0.2, 0.25) is 11.8 Å². The van der Waals surface area contributed by atoms with Gasteiger partial charge in [-0.2, -0.15) is 4.98 Å². The average Bonchev–Trinajstić information content (AvgIpc) is 2.70. The van der Waals surface area contributed by atoms with Crippen LogP contribution in [0.5, 0.6) is 5.88 Å². The Morgan fingerprint density at radius 3 is 2.79 bits per heavy atom. The van der Waals surface area contributed by atoms with Crippen molar-refractivity contribution in [1.29, 1.82) is 0 Å². The zero-order valence-electron chi connectivity index (χ0n) is 15.4. The number of nitrogens with one attached hydrogen (secondary N) is 3. The number of fused-ring (bicyclic) bond motifs is 1. The summed E-state index contributed by atoms with van der Waals surface area (Å²) in [6.07, 6.45) is 3.15. The van der Waals surface area contributed by atoms with E-state index in [-0.39, 0.29) is 24.5 Å². The van der Waals surface area contributed by atoms with E-state index in [1.807, 2.05) is 30.3 Å². The lowest BCUT2D eigenvalue weighted by molar-refractivity contribution is -0.119. The van der Waals surface area contributed by atoms with E-state index in [0.717, 1.165) is 31.6 Å². The van der Waals surface area contributed by atoms with Crippen molar-refractivity contribution in [3.8, 4) is 5.88 Å². The van der Waals surface area contributed by atoms with Crippen LogP contribution in [0.1, 0.15) is 12.8 Å². The molecule has 1 saturated heterocycles. The quantitative estimate of drug-likeness (QED) is 0.716. The molecule has 3 N–H and O–H groups in total. The lowest BCUT2D eigenvalue weighted by Crippen LogP contribution is -2.43. The van der Waals surface area contributed by atoms with Crippen molar-refractivity contribution < 1.29 is 14.3 Å². The third-order valence-corrected chi connectivity index (χ3v) is 4.77. The zero-order chi connectivity index (χ0) is 19.3. The molecule has 1 aromatic carbocycles. The summed E-state index contributed by atoms with van der Waals surface area (Å²) in [5, 5.41) is 9.04. The molecule has 28 heavy (non-hydrogen) atoms. The van der Waals surface area contributed by atoms with Crippen LogP contribution in [0.4, 0.5) is 17.2 Å². The largest absolute Gasteiger partial charge is 0.466 e. The maximum atomic E-state index is 12.2. The molecule has 2 amide bonds. The Hall–Kier alpha value is -3.20. The summed E-state index contributed by atoms with van der Waals surface area (Å²) in [6, 6.07) is 9.65. The van der Waals surface area contributed by atoms with Crippen LogP contribution in [-0.2, 0) is 9.59 Å². The Morgan fingerprint density at radius 1 is 1.21 bits per heavy atom. The van der Waals surface area contributed by atoms with Crippen LogP contribution < -0.4 is 20.7 Å². The lowest BCUT2D eigenvalue weighted by Gasteiger charge is -2.32. The molecule has 1 aromatic heterocycles. The second-order valence-corrected chi connectivity index (χ2v) is 6.85. The number of benzene rings is 1. The fourth-order valence-corrected chi connectivity index (χ4v) is 3.36. The number of aromatic nitrogens is 2. The van der Waals surface area contributed by atoms with Crippen molar-refractivity contribution in [3.63, 3.8) is 0 Å². The fraction of sp³-hybridized carbons (Fsp3) is 0.368. The van der Waals surface area contributed by atoms with Gasteiger partial charge < -0.3 is 20.7 Å². The maximum Gasteiger partial charge on any atom is 0.262 e. The zero-order valence-corrected chi connectivity index (χ0v) is 15.4. The summed E-state index contributed by atoms with van der Waals surface area (Å²) in [7, 11) is 0. The standard InChI is InChI=1S/C19H22N6O3/c26-15(22-13-4-2-1-3-5-13)10-25-8-6-14(7-9-25)23-18-17-19(21-12-20-18)28-11-16(27)24-17/h1-5,12,14H,6-11H2,(H,22,26)(H,24,27)(H,20,21,23). The lowest BCUT2D eigenvalue weighted by atomic mass is 10.0. The number of ether oxygens (including phenoxy) is 1. The van der Waals surface area contributed by atoms with Gasteiger partial charge in [0, 0.05) is 24.8 Å². The molecule has 146 valence electrons. The minimum absolute atomic E-state index is 0.0117. The van der Waals surface area contributed by atoms with Gasteiger partial charge in [-0.05, 0) is 25.0 Å². The van der Waals surface area contributed by atoms with Crippen LogP contribution in [0.25, 0.3) is 0 Å². The number of piperidine rings is 1. The van der Waals surface area contributed by atoms with Crippen LogP contribution in [0.2, 0.25) is 0 Å². The molecule has 0 radical (unpaired) electrons. The predicted octanol–water partition coefficient (Wildman–Crippen LogP) is 1.32. The van der Waals surface area contributed by atoms with Gasteiger partial charge in [-0.3, -0.25) is 14.5 Å². The van der Waals surface area contributed by atoms with Gasteiger partial charge in [0.15, 0.2) is 12.4 Å². The highest BCUT2D eigenvalue weighted by Crippen LogP contribution is 2.32. The molecule has 2 aromatic rings. The number of likely N-dealkylation sites (tertiary alicyclic amines) is 1. The third kappa shape index (κ3) is 4.37. The Bertz CT molecular complexity index is 852. The monoisotopic (exact) mass is 382 g/mol. The van der Waals surface area contributed by atoms with Gasteiger partial charge in [-0.15, -0.1) is 0 Å². The van der Waals surface area contributed by atoms with Gasteiger partial charge in [-0.1, -0.05) is 18.2 Å². The number of hydrogen-bond acceptors (Lipinski definition) is 7. The number of carbonyl (C=O) groups excluding carboxylic acids is 2. The molecule has 0 aliphatic carbocycles. The molecule has 0 saturated carbocycles. The Labute approximate surface area is 162 Å². The van der Waals surface area contributed by atoms with Crippen molar-refractivity contribution in [2.75, 3.05) is 42.2 Å². The van der Waals surface area contributed by atoms with Gasteiger partial charge >= 0.3 is 0 Å². The highest BCUT2D eigenvalue weighted by Gasteiger charge is 2.25. The van der Waals surface area contributed by atoms with E-state index >= 15 is 0 Å². The molecule has 9 heteroatoms. The van der Waals surface area contributed by atoms with Crippen molar-refractivity contribution >= 4 is 29.0 Å². The summed E-state index contributed by atoms with van der Waals surface area (Å²) in [5.74, 6) is 0.720. The number of anilines is 3. The first kappa shape index (κ1) is 18.2. The minimum Gasteiger partial charge on any atom is -0.466 e. The number of amides is 2. The van der Waals surface area contributed by atoms with E-state index in [2.05, 4.69) is 30.8 Å². The summed E-state index contributed by atoms with van der Waals surface area (Å²) in [6.45, 7) is 1.94. The maximum absolute atomic E-state index is 12.2. The second kappa shape index (κ2) is 8.22. The number of rotatable bonds is 5. The van der Waals surface area contributed by atoms with Gasteiger partial charge in [0.25, 0.3) is 5.91 Å². The van der Waals surface area contributed by atoms with Gasteiger partial charge in [-0.25, -0.2) is 4.98 Å². The number of nitrogens with zero attached hydrogens (tertiary/aromatic N) is 3. The molecule has 3 heterocycles. The molecule has 4 rings (SSSR count). The minimum atomic E-state index is -0.218. The van der Waals surface area contributed by atoms with Crippen LogP contribution in [0, 0.1) is 0 Å². The summed E-state index contributed by atoms with van der Waals surface area (Å²) in [4.78, 5) is 34.2. The Morgan fingerprint density at radius 2 is 2.00 bits per heavy atom. The second-order valence-electron chi connectivity index (χ2n) is 6.85. The first-order chi connectivity index (χ1) is 13.7. The summed E-state index contributed by atoms with van der Waals surface area (Å²) < 4.78 is 5.32. The number of hydrogen-bond donors (Lipinski definition) is 3. The molecule has 0 bridgehead atoms. The molecule has 2 aliphatic rings. The first-order valence-electron chi connectivity index (χ1n) is 9.29. The van der Waals surface area contributed by atoms with E-state index in [1.54, 1.807) is 0 Å². The van der Waals surface area contributed by atoms with Crippen LogP contribution in [0.3, 0.4) is 0 Å². The van der Waals surface area contributed by atoms with E-state index in [4.69, 9.17) is 4.74 Å². The normalized spacial score (nSPS) is 17.2. The van der Waals surface area contributed by atoms with Crippen LogP contribution >= 0.6 is 0 Å². The predicted molar refractivity (Wildman–Crippen MR) is 104 cm³/mol. The van der Waals surface area contributed by atoms with Crippen LogP contribution in [-0.4, -0.2) is 59.0 Å². The molecule has 1 fully saturated rings. The molecular formula is C19H22N6O3. The average molecular weight is 382 g/mol. The molecule has 0 unspecified atom stereocenters. The van der Waals surface area contributed by atoms with Gasteiger partial charge in [0.1, 0.15) is 12.0 Å². The smallest absolute Gasteiger partial charge is 0.262 e. The molecule has 0 atom stereocenters. The molecular weight excluding hydrogens is 360 g/mol. The van der Waals surface area contributed by atoms with E-state index in [1.165, 1.54) is 6.33 Å². The topological polar surface area (TPSA) is 108 Å². The molecule has 0 spiro atoms. The van der Waals surface area contributed by atoms with Crippen molar-refractivity contribution in [1.82, 2.24) is 14.9 Å². The first-order valence-corrected chi connectivity index (χ1v) is 9.29. The van der Waals surface area contributed by atoms with E-state index < -0.39 is 0 Å². The molecule has 9 nitrogen and oxygen atoms in total. The highest BCUT2D eigenvalue weighted by atomic mass is 16.5. The van der Waals surface area contributed by atoms with Crippen molar-refractivity contribution in [2.24, 2.45) is 0 Å². The summed E-state index contributed by atoms with van der Waals surface area (Å²) in [5.41, 5.74) is 1.30. The highest BCUT2D eigenvalue weighted by molar-refractivity contribution is 5.98. The Balaban J connectivity index is 1.28. The Kier molecular flexibility index (Phi) is 5.34.